The van der Waals surface area contributed by atoms with Gasteiger partial charge in [-0.25, -0.2) is 0 Å². The lowest BCUT2D eigenvalue weighted by atomic mass is 10.1. The third-order valence-electron chi connectivity index (χ3n) is 4.24. The van der Waals surface area contributed by atoms with Gasteiger partial charge in [-0.3, -0.25) is 9.59 Å². The maximum Gasteiger partial charge on any atom is 0.242 e. The van der Waals surface area contributed by atoms with Gasteiger partial charge in [0.2, 0.25) is 11.8 Å². The first-order valence-electron chi connectivity index (χ1n) is 8.78. The first-order valence-corrected chi connectivity index (χ1v) is 9.57. The Hall–Kier alpha value is -2.14. The number of aryl methyl sites for hydroxylation is 1. The smallest absolute Gasteiger partial charge is 0.242 e. The Morgan fingerprint density at radius 2 is 1.81 bits per heavy atom. The van der Waals surface area contributed by atoms with E-state index in [9.17, 15) is 9.59 Å². The highest BCUT2D eigenvalue weighted by molar-refractivity contribution is 9.10. The summed E-state index contributed by atoms with van der Waals surface area (Å²) in [7, 11) is 0. The van der Waals surface area contributed by atoms with Crippen LogP contribution in [0.4, 0.5) is 0 Å². The molecular formula is C21H25BrN2O2. The van der Waals surface area contributed by atoms with Gasteiger partial charge in [0.25, 0.3) is 0 Å². The third-order valence-corrected chi connectivity index (χ3v) is 4.73. The first-order chi connectivity index (χ1) is 12.4. The van der Waals surface area contributed by atoms with Crippen LogP contribution in [0.25, 0.3) is 0 Å². The Morgan fingerprint density at radius 3 is 2.42 bits per heavy atom. The van der Waals surface area contributed by atoms with E-state index in [2.05, 4.69) is 21.2 Å². The van der Waals surface area contributed by atoms with Crippen LogP contribution in [0.1, 0.15) is 30.5 Å². The molecule has 138 valence electrons. The zero-order chi connectivity index (χ0) is 19.1. The molecule has 0 heterocycles. The predicted octanol–water partition coefficient (Wildman–Crippen LogP) is 3.85. The summed E-state index contributed by atoms with van der Waals surface area (Å²) < 4.78 is 0.951. The van der Waals surface area contributed by atoms with E-state index in [1.165, 1.54) is 0 Å². The molecule has 2 aromatic rings. The average molecular weight is 417 g/mol. The van der Waals surface area contributed by atoms with E-state index < -0.39 is 6.04 Å². The fraction of sp³-hybridized carbons (Fsp3) is 0.333. The van der Waals surface area contributed by atoms with Crippen molar-refractivity contribution in [1.29, 1.82) is 0 Å². The van der Waals surface area contributed by atoms with Crippen molar-refractivity contribution < 1.29 is 9.59 Å². The van der Waals surface area contributed by atoms with E-state index in [0.717, 1.165) is 21.2 Å². The van der Waals surface area contributed by atoms with Gasteiger partial charge in [0, 0.05) is 17.6 Å². The van der Waals surface area contributed by atoms with Crippen LogP contribution >= 0.6 is 15.9 Å². The predicted molar refractivity (Wildman–Crippen MR) is 108 cm³/mol. The van der Waals surface area contributed by atoms with Crippen LogP contribution in [-0.2, 0) is 22.6 Å². The van der Waals surface area contributed by atoms with Gasteiger partial charge in [-0.2, -0.15) is 0 Å². The topological polar surface area (TPSA) is 49.4 Å². The minimum atomic E-state index is -0.535. The van der Waals surface area contributed by atoms with Crippen molar-refractivity contribution in [2.24, 2.45) is 0 Å². The summed E-state index contributed by atoms with van der Waals surface area (Å²) >= 11 is 3.46. The maximum absolute atomic E-state index is 13.0. The Kier molecular flexibility index (Phi) is 7.39. The minimum Gasteiger partial charge on any atom is -0.355 e. The molecule has 1 N–H and O–H groups in total. The summed E-state index contributed by atoms with van der Waals surface area (Å²) in [6.45, 7) is 6.60. The molecule has 0 aliphatic rings. The molecule has 0 bridgehead atoms. The number of halogens is 1. The fourth-order valence-electron chi connectivity index (χ4n) is 2.72. The van der Waals surface area contributed by atoms with Gasteiger partial charge in [-0.05, 0) is 44.0 Å². The highest BCUT2D eigenvalue weighted by Crippen LogP contribution is 2.16. The van der Waals surface area contributed by atoms with Gasteiger partial charge in [-0.1, -0.05) is 57.9 Å². The van der Waals surface area contributed by atoms with E-state index >= 15 is 0 Å². The molecule has 2 aromatic carbocycles. The highest BCUT2D eigenvalue weighted by Gasteiger charge is 2.25. The Balaban J connectivity index is 2.21. The first kappa shape index (κ1) is 20.2. The molecule has 5 heteroatoms. The van der Waals surface area contributed by atoms with Crippen LogP contribution < -0.4 is 5.32 Å². The van der Waals surface area contributed by atoms with Crippen molar-refractivity contribution in [2.75, 3.05) is 6.54 Å². The summed E-state index contributed by atoms with van der Waals surface area (Å²) in [5, 5.41) is 2.81. The molecule has 0 fully saturated rings. The molecule has 2 rings (SSSR count). The molecular weight excluding hydrogens is 392 g/mol. The fourth-order valence-corrected chi connectivity index (χ4v) is 3.17. The van der Waals surface area contributed by atoms with Crippen molar-refractivity contribution >= 4 is 27.7 Å². The summed E-state index contributed by atoms with van der Waals surface area (Å²) in [6, 6.07) is 15.2. The van der Waals surface area contributed by atoms with Crippen molar-refractivity contribution in [3.8, 4) is 0 Å². The van der Waals surface area contributed by atoms with Crippen LogP contribution in [0.15, 0.2) is 53.0 Å². The molecule has 0 unspecified atom stereocenters. The van der Waals surface area contributed by atoms with Crippen LogP contribution in [0.3, 0.4) is 0 Å². The van der Waals surface area contributed by atoms with Crippen LogP contribution in [0.2, 0.25) is 0 Å². The number of hydrogen-bond donors (Lipinski definition) is 1. The third kappa shape index (κ3) is 5.70. The number of nitrogens with zero attached hydrogens (tertiary/aromatic N) is 1. The maximum atomic E-state index is 13.0. The van der Waals surface area contributed by atoms with Crippen molar-refractivity contribution in [1.82, 2.24) is 10.2 Å². The number of nitrogens with one attached hydrogen (secondary N) is 1. The summed E-state index contributed by atoms with van der Waals surface area (Å²) in [5.74, 6) is -0.202. The standard InChI is InChI=1S/C21H25BrN2O2/c1-4-23-21(26)16(3)24(14-18-6-5-7-19(22)12-18)20(25)13-17-10-8-15(2)9-11-17/h5-12,16H,4,13-14H2,1-3H3,(H,23,26)/t16-/m1/s1. The zero-order valence-electron chi connectivity index (χ0n) is 15.5. The number of carbonyl (C=O) groups is 2. The van der Waals surface area contributed by atoms with Crippen LogP contribution in [-0.4, -0.2) is 29.3 Å². The molecule has 4 nitrogen and oxygen atoms in total. The van der Waals surface area contributed by atoms with E-state index in [1.807, 2.05) is 62.4 Å². The highest BCUT2D eigenvalue weighted by atomic mass is 79.9. The summed E-state index contributed by atoms with van der Waals surface area (Å²) in [4.78, 5) is 26.9. The molecule has 1 atom stereocenters. The van der Waals surface area contributed by atoms with Crippen molar-refractivity contribution in [3.05, 3.63) is 69.7 Å². The van der Waals surface area contributed by atoms with Crippen LogP contribution in [0.5, 0.6) is 0 Å². The second-order valence-corrected chi connectivity index (χ2v) is 7.30. The zero-order valence-corrected chi connectivity index (χ0v) is 17.0. The monoisotopic (exact) mass is 416 g/mol. The van der Waals surface area contributed by atoms with Gasteiger partial charge in [0.15, 0.2) is 0 Å². The Morgan fingerprint density at radius 1 is 1.12 bits per heavy atom. The lowest BCUT2D eigenvalue weighted by molar-refractivity contribution is -0.140. The number of benzene rings is 2. The second-order valence-electron chi connectivity index (χ2n) is 6.38. The quantitative estimate of drug-likeness (QED) is 0.744. The second kappa shape index (κ2) is 9.53. The van der Waals surface area contributed by atoms with E-state index in [4.69, 9.17) is 0 Å². The van der Waals surface area contributed by atoms with E-state index in [-0.39, 0.29) is 18.2 Å². The minimum absolute atomic E-state index is 0.0624. The van der Waals surface area contributed by atoms with Gasteiger partial charge >= 0.3 is 0 Å². The molecule has 0 aliphatic carbocycles. The number of rotatable bonds is 7. The summed E-state index contributed by atoms with van der Waals surface area (Å²) in [6.07, 6.45) is 0.276. The van der Waals surface area contributed by atoms with Gasteiger partial charge < -0.3 is 10.2 Å². The lowest BCUT2D eigenvalue weighted by Gasteiger charge is -2.29. The SMILES string of the molecule is CCNC(=O)[C@@H](C)N(Cc1cccc(Br)c1)C(=O)Cc1ccc(C)cc1. The Bertz CT molecular complexity index is 759. The molecule has 0 saturated carbocycles. The summed E-state index contributed by atoms with van der Waals surface area (Å²) in [5.41, 5.74) is 3.08. The molecule has 0 radical (unpaired) electrons. The van der Waals surface area contributed by atoms with Gasteiger partial charge in [0.05, 0.1) is 6.42 Å². The molecule has 0 spiro atoms. The van der Waals surface area contributed by atoms with E-state index in [1.54, 1.807) is 11.8 Å². The normalized spacial score (nSPS) is 11.7. The van der Waals surface area contributed by atoms with Crippen molar-refractivity contribution in [2.45, 2.75) is 39.8 Å². The molecule has 0 saturated heterocycles. The number of likely N-dealkylation sites (N-methyl/N-ethyl adjacent to an activating group) is 1. The lowest BCUT2D eigenvalue weighted by Crippen LogP contribution is -2.48. The van der Waals surface area contributed by atoms with Gasteiger partial charge in [-0.15, -0.1) is 0 Å². The van der Waals surface area contributed by atoms with E-state index in [0.29, 0.717) is 13.1 Å². The van der Waals surface area contributed by atoms with Crippen molar-refractivity contribution in [3.63, 3.8) is 0 Å². The number of hydrogen-bond acceptors (Lipinski definition) is 2. The Labute approximate surface area is 163 Å². The molecule has 0 aliphatic heterocycles. The molecule has 0 aromatic heterocycles. The largest absolute Gasteiger partial charge is 0.355 e. The molecule has 2 amide bonds. The van der Waals surface area contributed by atoms with Gasteiger partial charge in [0.1, 0.15) is 6.04 Å². The average Bonchev–Trinajstić information content (AvgIpc) is 2.61. The molecule has 26 heavy (non-hydrogen) atoms. The number of carbonyl (C=O) groups excluding carboxylic acids is 2. The number of amides is 2. The van der Waals surface area contributed by atoms with Crippen LogP contribution in [0, 0.1) is 6.92 Å².